The number of amides is 2. The molecule has 20 heavy (non-hydrogen) atoms. The summed E-state index contributed by atoms with van der Waals surface area (Å²) >= 11 is 0. The summed E-state index contributed by atoms with van der Waals surface area (Å²) in [5.74, 6) is 1.13. The molecule has 2 aliphatic rings. The molecule has 2 aliphatic carbocycles. The van der Waals surface area contributed by atoms with E-state index in [1.54, 1.807) is 12.1 Å². The molecule has 0 radical (unpaired) electrons. The minimum absolute atomic E-state index is 0.101. The van der Waals surface area contributed by atoms with E-state index in [0.29, 0.717) is 11.8 Å². The zero-order valence-electron chi connectivity index (χ0n) is 11.4. The fourth-order valence-electron chi connectivity index (χ4n) is 3.16. The lowest BCUT2D eigenvalue weighted by Crippen LogP contribution is -2.25. The third-order valence-electron chi connectivity index (χ3n) is 4.09. The van der Waals surface area contributed by atoms with E-state index in [2.05, 4.69) is 22.8 Å². The predicted octanol–water partition coefficient (Wildman–Crippen LogP) is 2.80. The molecule has 0 aliphatic heterocycles. The van der Waals surface area contributed by atoms with Crippen molar-refractivity contribution in [1.29, 1.82) is 0 Å². The average molecular weight is 270 g/mol. The minimum Gasteiger partial charge on any atom is -0.326 e. The molecular formula is C16H18N2O2. The van der Waals surface area contributed by atoms with Crippen molar-refractivity contribution in [1.82, 2.24) is 0 Å². The van der Waals surface area contributed by atoms with E-state index >= 15 is 0 Å². The summed E-state index contributed by atoms with van der Waals surface area (Å²) < 4.78 is 0. The van der Waals surface area contributed by atoms with Gasteiger partial charge in [0.05, 0.1) is 0 Å². The molecule has 1 aromatic rings. The van der Waals surface area contributed by atoms with Crippen molar-refractivity contribution in [2.45, 2.75) is 19.8 Å². The van der Waals surface area contributed by atoms with Crippen LogP contribution in [0.15, 0.2) is 36.4 Å². The van der Waals surface area contributed by atoms with Crippen molar-refractivity contribution in [3.63, 3.8) is 0 Å². The summed E-state index contributed by atoms with van der Waals surface area (Å²) in [5, 5.41) is 5.67. The standard InChI is InChI=1S/C16H18N2O2/c1-10(19)17-13-4-6-14(7-5-13)18-16(20)15-9-11-2-3-12(15)8-11/h2-7,11-12,15H,8-9H2,1H3,(H,17,19)(H,18,20). The summed E-state index contributed by atoms with van der Waals surface area (Å²) in [6.45, 7) is 1.47. The van der Waals surface area contributed by atoms with Crippen LogP contribution in [0.2, 0.25) is 0 Å². The highest BCUT2D eigenvalue weighted by Gasteiger charge is 2.39. The van der Waals surface area contributed by atoms with Gasteiger partial charge in [-0.2, -0.15) is 0 Å². The van der Waals surface area contributed by atoms with Crippen molar-refractivity contribution < 1.29 is 9.59 Å². The van der Waals surface area contributed by atoms with E-state index in [-0.39, 0.29) is 17.7 Å². The number of rotatable bonds is 3. The Morgan fingerprint density at radius 3 is 2.15 bits per heavy atom. The zero-order chi connectivity index (χ0) is 14.1. The molecule has 2 amide bonds. The van der Waals surface area contributed by atoms with Crippen LogP contribution in [0.1, 0.15) is 19.8 Å². The van der Waals surface area contributed by atoms with Gasteiger partial charge in [-0.05, 0) is 48.9 Å². The first-order valence-electron chi connectivity index (χ1n) is 6.98. The number of fused-ring (bicyclic) bond motifs is 2. The molecule has 2 N–H and O–H groups in total. The molecule has 3 unspecified atom stereocenters. The van der Waals surface area contributed by atoms with Crippen molar-refractivity contribution in [3.05, 3.63) is 36.4 Å². The van der Waals surface area contributed by atoms with Gasteiger partial charge in [0.1, 0.15) is 0 Å². The molecule has 0 spiro atoms. The van der Waals surface area contributed by atoms with Gasteiger partial charge in [0.25, 0.3) is 0 Å². The smallest absolute Gasteiger partial charge is 0.228 e. The maximum Gasteiger partial charge on any atom is 0.228 e. The number of anilines is 2. The zero-order valence-corrected chi connectivity index (χ0v) is 11.4. The Bertz CT molecular complexity index is 562. The number of hydrogen-bond acceptors (Lipinski definition) is 2. The van der Waals surface area contributed by atoms with Gasteiger partial charge in [-0.3, -0.25) is 9.59 Å². The molecule has 2 bridgehead atoms. The molecule has 4 nitrogen and oxygen atoms in total. The number of carbonyl (C=O) groups excluding carboxylic acids is 2. The largest absolute Gasteiger partial charge is 0.326 e. The van der Waals surface area contributed by atoms with Crippen LogP contribution in [0.4, 0.5) is 11.4 Å². The van der Waals surface area contributed by atoms with E-state index in [0.717, 1.165) is 24.2 Å². The van der Waals surface area contributed by atoms with E-state index in [1.807, 2.05) is 12.1 Å². The van der Waals surface area contributed by atoms with Crippen molar-refractivity contribution >= 4 is 23.2 Å². The third-order valence-corrected chi connectivity index (χ3v) is 4.09. The summed E-state index contributed by atoms with van der Waals surface area (Å²) in [6.07, 6.45) is 6.51. The van der Waals surface area contributed by atoms with Crippen LogP contribution in [0.5, 0.6) is 0 Å². The monoisotopic (exact) mass is 270 g/mol. The van der Waals surface area contributed by atoms with Crippen molar-refractivity contribution in [3.8, 4) is 0 Å². The van der Waals surface area contributed by atoms with E-state index in [1.165, 1.54) is 6.92 Å². The molecular weight excluding hydrogens is 252 g/mol. The fraction of sp³-hybridized carbons (Fsp3) is 0.375. The Balaban J connectivity index is 1.61. The number of allylic oxidation sites excluding steroid dienone is 2. The molecule has 4 heteroatoms. The lowest BCUT2D eigenvalue weighted by atomic mass is 9.93. The van der Waals surface area contributed by atoms with E-state index in [9.17, 15) is 9.59 Å². The average Bonchev–Trinajstić information content (AvgIpc) is 3.03. The van der Waals surface area contributed by atoms with Gasteiger partial charge < -0.3 is 10.6 Å². The van der Waals surface area contributed by atoms with Gasteiger partial charge in [0.2, 0.25) is 11.8 Å². The highest BCUT2D eigenvalue weighted by molar-refractivity contribution is 5.94. The highest BCUT2D eigenvalue weighted by Crippen LogP contribution is 2.43. The second-order valence-electron chi connectivity index (χ2n) is 5.63. The number of hydrogen-bond donors (Lipinski definition) is 2. The van der Waals surface area contributed by atoms with E-state index in [4.69, 9.17) is 0 Å². The molecule has 3 atom stereocenters. The minimum atomic E-state index is -0.101. The maximum atomic E-state index is 12.3. The van der Waals surface area contributed by atoms with Crippen LogP contribution in [0.25, 0.3) is 0 Å². The highest BCUT2D eigenvalue weighted by atomic mass is 16.2. The van der Waals surface area contributed by atoms with Gasteiger partial charge in [-0.1, -0.05) is 12.2 Å². The Morgan fingerprint density at radius 1 is 1.00 bits per heavy atom. The molecule has 0 saturated heterocycles. The van der Waals surface area contributed by atoms with Gasteiger partial charge in [0, 0.05) is 24.2 Å². The molecule has 1 fully saturated rings. The lowest BCUT2D eigenvalue weighted by molar-refractivity contribution is -0.120. The Hall–Kier alpha value is -2.10. The van der Waals surface area contributed by atoms with E-state index < -0.39 is 0 Å². The topological polar surface area (TPSA) is 58.2 Å². The Labute approximate surface area is 118 Å². The summed E-state index contributed by atoms with van der Waals surface area (Å²) in [4.78, 5) is 23.2. The number of benzene rings is 1. The quantitative estimate of drug-likeness (QED) is 0.830. The SMILES string of the molecule is CC(=O)Nc1ccc(NC(=O)C2CC3C=CC2C3)cc1. The first kappa shape index (κ1) is 12.9. The van der Waals surface area contributed by atoms with Gasteiger partial charge in [-0.15, -0.1) is 0 Å². The predicted molar refractivity (Wildman–Crippen MR) is 78.2 cm³/mol. The van der Waals surface area contributed by atoms with Gasteiger partial charge in [-0.25, -0.2) is 0 Å². The fourth-order valence-corrected chi connectivity index (χ4v) is 3.16. The molecule has 104 valence electrons. The van der Waals surface area contributed by atoms with Crippen molar-refractivity contribution in [2.24, 2.45) is 17.8 Å². The molecule has 0 aromatic heterocycles. The van der Waals surface area contributed by atoms with Crippen LogP contribution in [-0.4, -0.2) is 11.8 Å². The van der Waals surface area contributed by atoms with Crippen LogP contribution in [0, 0.1) is 17.8 Å². The Morgan fingerprint density at radius 2 is 1.65 bits per heavy atom. The molecule has 3 rings (SSSR count). The van der Waals surface area contributed by atoms with Crippen LogP contribution < -0.4 is 10.6 Å². The molecule has 1 saturated carbocycles. The van der Waals surface area contributed by atoms with Crippen LogP contribution in [-0.2, 0) is 9.59 Å². The Kier molecular flexibility index (Phi) is 3.30. The van der Waals surface area contributed by atoms with Gasteiger partial charge >= 0.3 is 0 Å². The number of carbonyl (C=O) groups is 2. The second-order valence-corrected chi connectivity index (χ2v) is 5.63. The van der Waals surface area contributed by atoms with Crippen molar-refractivity contribution in [2.75, 3.05) is 10.6 Å². The first-order chi connectivity index (χ1) is 9.61. The van der Waals surface area contributed by atoms with Crippen LogP contribution >= 0.6 is 0 Å². The van der Waals surface area contributed by atoms with Gasteiger partial charge in [0.15, 0.2) is 0 Å². The molecule has 1 aromatic carbocycles. The molecule has 0 heterocycles. The van der Waals surface area contributed by atoms with Crippen LogP contribution in [0.3, 0.4) is 0 Å². The summed E-state index contributed by atoms with van der Waals surface area (Å²) in [7, 11) is 0. The summed E-state index contributed by atoms with van der Waals surface area (Å²) in [6, 6.07) is 7.20. The first-order valence-corrected chi connectivity index (χ1v) is 6.98. The lowest BCUT2D eigenvalue weighted by Gasteiger charge is -2.17. The number of nitrogens with one attached hydrogen (secondary N) is 2. The normalized spacial score (nSPS) is 26.6. The third kappa shape index (κ3) is 2.59. The summed E-state index contributed by atoms with van der Waals surface area (Å²) in [5.41, 5.74) is 1.51. The second kappa shape index (κ2) is 5.12. The maximum absolute atomic E-state index is 12.3.